The zero-order valence-electron chi connectivity index (χ0n) is 13.5. The van der Waals surface area contributed by atoms with Crippen molar-refractivity contribution in [1.29, 1.82) is 0 Å². The summed E-state index contributed by atoms with van der Waals surface area (Å²) in [5.74, 6) is -0.402. The molecule has 25 heavy (non-hydrogen) atoms. The van der Waals surface area contributed by atoms with Crippen LogP contribution in [0, 0.1) is 0 Å². The molecule has 6 nitrogen and oxygen atoms in total. The maximum atomic E-state index is 13.0. The molecule has 0 atom stereocenters. The van der Waals surface area contributed by atoms with Crippen LogP contribution in [0.1, 0.15) is 0 Å². The Bertz CT molecular complexity index is 915. The fourth-order valence-corrected chi connectivity index (χ4v) is 4.57. The molecule has 0 spiro atoms. The van der Waals surface area contributed by atoms with E-state index < -0.39 is 15.9 Å². The fraction of sp³-hybridized carbons (Fsp3) is 0.235. The zero-order chi connectivity index (χ0) is 18.0. The van der Waals surface area contributed by atoms with Crippen molar-refractivity contribution in [2.75, 3.05) is 31.1 Å². The van der Waals surface area contributed by atoms with Crippen molar-refractivity contribution in [3.05, 3.63) is 47.5 Å². The van der Waals surface area contributed by atoms with Gasteiger partial charge >= 0.3 is 0 Å². The van der Waals surface area contributed by atoms with E-state index in [-0.39, 0.29) is 11.4 Å². The van der Waals surface area contributed by atoms with E-state index in [2.05, 4.69) is 5.32 Å². The van der Waals surface area contributed by atoms with Gasteiger partial charge < -0.3 is 10.1 Å². The topological polar surface area (TPSA) is 75.7 Å². The molecule has 0 bridgehead atoms. The van der Waals surface area contributed by atoms with Crippen molar-refractivity contribution >= 4 is 33.2 Å². The number of sulfonamides is 1. The Hall–Kier alpha value is -2.09. The Morgan fingerprint density at radius 3 is 2.72 bits per heavy atom. The third-order valence-electron chi connectivity index (χ3n) is 3.89. The van der Waals surface area contributed by atoms with Gasteiger partial charge in [0.1, 0.15) is 6.54 Å². The summed E-state index contributed by atoms with van der Waals surface area (Å²) in [6.45, 7) is 0.357. The number of nitrogens with zero attached hydrogens (tertiary/aromatic N) is 1. The summed E-state index contributed by atoms with van der Waals surface area (Å²) < 4.78 is 32.0. The van der Waals surface area contributed by atoms with Gasteiger partial charge in [0.25, 0.3) is 10.0 Å². The predicted molar refractivity (Wildman–Crippen MR) is 96.3 cm³/mol. The molecule has 0 radical (unpaired) electrons. The van der Waals surface area contributed by atoms with Crippen LogP contribution >= 0.6 is 11.6 Å². The molecule has 0 saturated carbocycles. The number of halogens is 1. The molecule has 8 heteroatoms. The molecule has 1 amide bonds. The molecule has 0 unspecified atom stereocenters. The van der Waals surface area contributed by atoms with Crippen LogP contribution in [0.4, 0.5) is 5.69 Å². The molecular weight excluding hydrogens is 364 g/mol. The summed E-state index contributed by atoms with van der Waals surface area (Å²) in [7, 11) is -2.31. The Balaban J connectivity index is 2.03. The van der Waals surface area contributed by atoms with E-state index in [1.165, 1.54) is 13.2 Å². The first-order valence-corrected chi connectivity index (χ1v) is 9.44. The second-order valence-corrected chi connectivity index (χ2v) is 7.78. The van der Waals surface area contributed by atoms with Gasteiger partial charge in [0.05, 0.1) is 17.2 Å². The first kappa shape index (κ1) is 17.7. The molecule has 3 rings (SSSR count). The lowest BCUT2D eigenvalue weighted by Gasteiger charge is -2.31. The monoisotopic (exact) mass is 380 g/mol. The van der Waals surface area contributed by atoms with Crippen molar-refractivity contribution in [2.45, 2.75) is 4.90 Å². The fourth-order valence-electron chi connectivity index (χ4n) is 2.75. The van der Waals surface area contributed by atoms with Gasteiger partial charge in [-0.05, 0) is 24.3 Å². The summed E-state index contributed by atoms with van der Waals surface area (Å²) in [5.41, 5.74) is 1.70. The van der Waals surface area contributed by atoms with E-state index in [1.54, 1.807) is 36.4 Å². The van der Waals surface area contributed by atoms with E-state index in [4.69, 9.17) is 16.3 Å². The molecule has 132 valence electrons. The number of benzene rings is 2. The maximum absolute atomic E-state index is 13.0. The second kappa shape index (κ2) is 7.03. The van der Waals surface area contributed by atoms with E-state index in [1.807, 2.05) is 0 Å². The number of fused-ring (bicyclic) bond motifs is 3. The van der Waals surface area contributed by atoms with Crippen molar-refractivity contribution < 1.29 is 17.9 Å². The van der Waals surface area contributed by atoms with Gasteiger partial charge in [-0.25, -0.2) is 8.42 Å². The van der Waals surface area contributed by atoms with E-state index >= 15 is 0 Å². The summed E-state index contributed by atoms with van der Waals surface area (Å²) in [6, 6.07) is 11.6. The maximum Gasteiger partial charge on any atom is 0.265 e. The Morgan fingerprint density at radius 2 is 1.96 bits per heavy atom. The summed E-state index contributed by atoms with van der Waals surface area (Å²) >= 11 is 6.09. The van der Waals surface area contributed by atoms with Gasteiger partial charge in [-0.15, -0.1) is 0 Å². The predicted octanol–water partition coefficient (Wildman–Crippen LogP) is 2.28. The van der Waals surface area contributed by atoms with E-state index in [0.717, 1.165) is 4.31 Å². The average Bonchev–Trinajstić information content (AvgIpc) is 2.59. The molecule has 0 aromatic heterocycles. The molecule has 0 aliphatic carbocycles. The molecule has 2 aromatic rings. The van der Waals surface area contributed by atoms with Crippen LogP contribution < -0.4 is 9.62 Å². The SMILES string of the molecule is COCCNC(=O)CN1c2ccc(Cl)cc2-c2ccccc2S1(=O)=O. The first-order chi connectivity index (χ1) is 11.9. The van der Waals surface area contributed by atoms with Crippen molar-refractivity contribution in [1.82, 2.24) is 5.32 Å². The lowest BCUT2D eigenvalue weighted by molar-refractivity contribution is -0.119. The summed E-state index contributed by atoms with van der Waals surface area (Å²) in [6.07, 6.45) is 0. The quantitative estimate of drug-likeness (QED) is 0.807. The van der Waals surface area contributed by atoms with Crippen LogP contribution in [-0.2, 0) is 19.6 Å². The number of nitrogens with one attached hydrogen (secondary N) is 1. The van der Waals surface area contributed by atoms with Gasteiger partial charge in [0, 0.05) is 29.8 Å². The minimum absolute atomic E-state index is 0.162. The number of carbonyl (C=O) groups excluding carboxylic acids is 1. The molecule has 1 aliphatic heterocycles. The minimum atomic E-state index is -3.84. The number of methoxy groups -OCH3 is 1. The van der Waals surface area contributed by atoms with Gasteiger partial charge in [-0.3, -0.25) is 9.10 Å². The number of anilines is 1. The highest BCUT2D eigenvalue weighted by Gasteiger charge is 2.35. The molecule has 1 N–H and O–H groups in total. The summed E-state index contributed by atoms with van der Waals surface area (Å²) in [4.78, 5) is 12.3. The first-order valence-electron chi connectivity index (χ1n) is 7.62. The van der Waals surface area contributed by atoms with Crippen LogP contribution in [0.25, 0.3) is 11.1 Å². The number of carbonyl (C=O) groups is 1. The van der Waals surface area contributed by atoms with E-state index in [9.17, 15) is 13.2 Å². The van der Waals surface area contributed by atoms with Gasteiger partial charge in [0.2, 0.25) is 5.91 Å². The van der Waals surface area contributed by atoms with Crippen molar-refractivity contribution in [3.8, 4) is 11.1 Å². The molecule has 0 fully saturated rings. The average molecular weight is 381 g/mol. The highest BCUT2D eigenvalue weighted by molar-refractivity contribution is 7.93. The number of rotatable bonds is 5. The van der Waals surface area contributed by atoms with E-state index in [0.29, 0.717) is 35.0 Å². The lowest BCUT2D eigenvalue weighted by atomic mass is 10.0. The van der Waals surface area contributed by atoms with Crippen molar-refractivity contribution in [2.24, 2.45) is 0 Å². The molecule has 0 saturated heterocycles. The zero-order valence-corrected chi connectivity index (χ0v) is 15.1. The third-order valence-corrected chi connectivity index (χ3v) is 5.94. The van der Waals surface area contributed by atoms with Crippen LogP contribution in [0.2, 0.25) is 5.02 Å². The lowest BCUT2D eigenvalue weighted by Crippen LogP contribution is -2.43. The standard InChI is InChI=1S/C17H17ClN2O4S/c1-24-9-8-19-17(21)11-20-15-7-6-12(18)10-14(15)13-4-2-3-5-16(13)25(20,22)23/h2-7,10H,8-9,11H2,1H3,(H,19,21). The molecule has 2 aromatic carbocycles. The minimum Gasteiger partial charge on any atom is -0.383 e. The molecule has 1 aliphatic rings. The number of amides is 1. The van der Waals surface area contributed by atoms with Gasteiger partial charge in [-0.2, -0.15) is 0 Å². The third kappa shape index (κ3) is 3.35. The molecular formula is C17H17ClN2O4S. The van der Waals surface area contributed by atoms with Crippen LogP contribution in [0.3, 0.4) is 0 Å². The number of ether oxygens (including phenoxy) is 1. The van der Waals surface area contributed by atoms with Gasteiger partial charge in [0.15, 0.2) is 0 Å². The smallest absolute Gasteiger partial charge is 0.265 e. The number of hydrogen-bond acceptors (Lipinski definition) is 4. The van der Waals surface area contributed by atoms with Crippen LogP contribution in [0.5, 0.6) is 0 Å². The Morgan fingerprint density at radius 1 is 1.20 bits per heavy atom. The Kier molecular flexibility index (Phi) is 4.99. The summed E-state index contributed by atoms with van der Waals surface area (Å²) in [5, 5.41) is 3.14. The largest absolute Gasteiger partial charge is 0.383 e. The highest BCUT2D eigenvalue weighted by Crippen LogP contribution is 2.43. The normalized spacial score (nSPS) is 14.6. The van der Waals surface area contributed by atoms with Crippen molar-refractivity contribution in [3.63, 3.8) is 0 Å². The number of hydrogen-bond donors (Lipinski definition) is 1. The van der Waals surface area contributed by atoms with Crippen LogP contribution in [-0.4, -0.2) is 41.1 Å². The Labute approximate surface area is 151 Å². The van der Waals surface area contributed by atoms with Crippen LogP contribution in [0.15, 0.2) is 47.4 Å². The second-order valence-electron chi connectivity index (χ2n) is 5.51. The molecule has 1 heterocycles. The van der Waals surface area contributed by atoms with Gasteiger partial charge in [-0.1, -0.05) is 29.8 Å². The highest BCUT2D eigenvalue weighted by atomic mass is 35.5.